The topological polar surface area (TPSA) is 3.24 Å². The number of benzene rings is 11. The van der Waals surface area contributed by atoms with Crippen molar-refractivity contribution < 1.29 is 0 Å². The first kappa shape index (κ1) is 36.4. The lowest BCUT2D eigenvalue weighted by atomic mass is 9.67. The standard InChI is InChI=1S/C63H41N/c1-5-17-42(18-6-1)44-31-33-51(34-32-44)64(52-35-36-55-54-27-15-16-28-59(54)63(60(55)41-52,49-22-9-3-10-23-49)50-24-11-4-12-25-50)62-53-26-14-13-21-47(53)39-58-56-40-48-37-45(43-19-7-2-8-20-43)29-30-46(48)38-57(56)61(58)62/h1-41H. The first-order chi connectivity index (χ1) is 31.7. The molecule has 2 aliphatic carbocycles. The van der Waals surface area contributed by atoms with Crippen LogP contribution in [0, 0.1) is 0 Å². The van der Waals surface area contributed by atoms with E-state index in [1.807, 2.05) is 0 Å². The van der Waals surface area contributed by atoms with Crippen LogP contribution >= 0.6 is 0 Å². The van der Waals surface area contributed by atoms with Gasteiger partial charge in [-0.05, 0) is 137 Å². The average molecular weight is 812 g/mol. The van der Waals surface area contributed by atoms with Gasteiger partial charge >= 0.3 is 0 Å². The molecule has 0 heterocycles. The molecule has 0 aromatic heterocycles. The van der Waals surface area contributed by atoms with Gasteiger partial charge in [-0.3, -0.25) is 0 Å². The van der Waals surface area contributed by atoms with Crippen LogP contribution in [0.3, 0.4) is 0 Å². The maximum Gasteiger partial charge on any atom is 0.0714 e. The molecular formula is C63H41N. The fraction of sp³-hybridized carbons (Fsp3) is 0.0159. The van der Waals surface area contributed by atoms with E-state index in [0.717, 1.165) is 11.4 Å². The van der Waals surface area contributed by atoms with Gasteiger partial charge in [0.1, 0.15) is 0 Å². The predicted molar refractivity (Wildman–Crippen MR) is 269 cm³/mol. The fourth-order valence-corrected chi connectivity index (χ4v) is 10.9. The maximum absolute atomic E-state index is 2.55. The van der Waals surface area contributed by atoms with E-state index in [0.29, 0.717) is 0 Å². The van der Waals surface area contributed by atoms with E-state index in [9.17, 15) is 0 Å². The normalized spacial score (nSPS) is 12.8. The Bertz CT molecular complexity index is 3530. The molecule has 13 rings (SSSR count). The van der Waals surface area contributed by atoms with E-state index in [-0.39, 0.29) is 0 Å². The van der Waals surface area contributed by atoms with E-state index in [2.05, 4.69) is 254 Å². The lowest BCUT2D eigenvalue weighted by Crippen LogP contribution is -2.28. The molecule has 298 valence electrons. The summed E-state index contributed by atoms with van der Waals surface area (Å²) in [6, 6.07) is 92.2. The van der Waals surface area contributed by atoms with Crippen molar-refractivity contribution in [1.82, 2.24) is 0 Å². The molecular weight excluding hydrogens is 771 g/mol. The molecule has 0 spiro atoms. The second-order valence-corrected chi connectivity index (χ2v) is 17.2. The second-order valence-electron chi connectivity index (χ2n) is 17.2. The van der Waals surface area contributed by atoms with Crippen molar-refractivity contribution in [1.29, 1.82) is 0 Å². The smallest absolute Gasteiger partial charge is 0.0714 e. The van der Waals surface area contributed by atoms with E-state index in [4.69, 9.17) is 0 Å². The highest BCUT2D eigenvalue weighted by atomic mass is 15.1. The molecule has 11 aromatic carbocycles. The molecule has 0 fully saturated rings. The molecule has 64 heavy (non-hydrogen) atoms. The molecule has 0 atom stereocenters. The number of rotatable bonds is 7. The third-order valence-corrected chi connectivity index (χ3v) is 13.8. The van der Waals surface area contributed by atoms with Crippen LogP contribution in [0.1, 0.15) is 22.3 Å². The van der Waals surface area contributed by atoms with Crippen LogP contribution in [-0.4, -0.2) is 0 Å². The van der Waals surface area contributed by atoms with Gasteiger partial charge in [0, 0.05) is 22.3 Å². The van der Waals surface area contributed by atoms with E-state index in [1.54, 1.807) is 0 Å². The summed E-state index contributed by atoms with van der Waals surface area (Å²) in [5, 5.41) is 4.94. The molecule has 0 N–H and O–H groups in total. The van der Waals surface area contributed by atoms with Crippen LogP contribution in [0.2, 0.25) is 0 Å². The molecule has 11 aromatic rings. The number of hydrogen-bond donors (Lipinski definition) is 0. The van der Waals surface area contributed by atoms with Gasteiger partial charge in [0.05, 0.1) is 11.1 Å². The first-order valence-electron chi connectivity index (χ1n) is 22.2. The van der Waals surface area contributed by atoms with Crippen LogP contribution in [0.5, 0.6) is 0 Å². The summed E-state index contributed by atoms with van der Waals surface area (Å²) < 4.78 is 0. The first-order valence-corrected chi connectivity index (χ1v) is 22.2. The predicted octanol–water partition coefficient (Wildman–Crippen LogP) is 16.8. The SMILES string of the molecule is c1ccc(-c2ccc(N(c3ccc4c(c3)C(c3ccccc3)(c3ccccc3)c3ccccc3-4)c3c4c(cc5ccccc35)-c3cc5cc(-c6ccccc6)ccc5cc3-4)cc2)cc1. The van der Waals surface area contributed by atoms with Crippen molar-refractivity contribution in [2.75, 3.05) is 4.90 Å². The Kier molecular flexibility index (Phi) is 8.20. The molecule has 1 heteroatoms. The number of nitrogens with zero attached hydrogens (tertiary/aromatic N) is 1. The zero-order valence-electron chi connectivity index (χ0n) is 35.1. The van der Waals surface area contributed by atoms with Crippen molar-refractivity contribution in [2.45, 2.75) is 5.41 Å². The fourth-order valence-electron chi connectivity index (χ4n) is 10.9. The zero-order valence-corrected chi connectivity index (χ0v) is 35.1. The van der Waals surface area contributed by atoms with E-state index in [1.165, 1.54) is 105 Å². The Morgan fingerprint density at radius 2 is 0.812 bits per heavy atom. The lowest BCUT2D eigenvalue weighted by Gasteiger charge is -2.37. The van der Waals surface area contributed by atoms with Crippen molar-refractivity contribution in [3.05, 3.63) is 271 Å². The van der Waals surface area contributed by atoms with Crippen molar-refractivity contribution in [2.24, 2.45) is 0 Å². The third-order valence-electron chi connectivity index (χ3n) is 13.8. The molecule has 0 saturated heterocycles. The van der Waals surface area contributed by atoms with Crippen LogP contribution in [0.4, 0.5) is 17.1 Å². The molecule has 0 amide bonds. The number of hydrogen-bond acceptors (Lipinski definition) is 1. The largest absolute Gasteiger partial charge is 0.309 e. The van der Waals surface area contributed by atoms with Crippen LogP contribution in [0.15, 0.2) is 249 Å². The van der Waals surface area contributed by atoms with Gasteiger partial charge in [-0.25, -0.2) is 0 Å². The molecule has 0 saturated carbocycles. The highest BCUT2D eigenvalue weighted by Gasteiger charge is 2.46. The van der Waals surface area contributed by atoms with Crippen LogP contribution in [-0.2, 0) is 5.41 Å². The maximum atomic E-state index is 2.55. The van der Waals surface area contributed by atoms with Gasteiger partial charge < -0.3 is 4.90 Å². The van der Waals surface area contributed by atoms with Gasteiger partial charge in [0.2, 0.25) is 0 Å². The summed E-state index contributed by atoms with van der Waals surface area (Å²) in [5.74, 6) is 0. The van der Waals surface area contributed by atoms with E-state index < -0.39 is 5.41 Å². The summed E-state index contributed by atoms with van der Waals surface area (Å²) in [6.07, 6.45) is 0. The summed E-state index contributed by atoms with van der Waals surface area (Å²) in [7, 11) is 0. The third kappa shape index (κ3) is 5.44. The molecule has 0 radical (unpaired) electrons. The Balaban J connectivity index is 1.07. The highest BCUT2D eigenvalue weighted by molar-refractivity contribution is 6.20. The van der Waals surface area contributed by atoms with Crippen molar-refractivity contribution >= 4 is 38.6 Å². The van der Waals surface area contributed by atoms with Gasteiger partial charge in [-0.1, -0.05) is 200 Å². The monoisotopic (exact) mass is 811 g/mol. The van der Waals surface area contributed by atoms with Crippen LogP contribution < -0.4 is 4.90 Å². The number of fused-ring (bicyclic) bond motifs is 9. The zero-order chi connectivity index (χ0) is 42.2. The average Bonchev–Trinajstić information content (AvgIpc) is 3.67. The van der Waals surface area contributed by atoms with Crippen molar-refractivity contribution in [3.8, 4) is 55.6 Å². The minimum Gasteiger partial charge on any atom is -0.309 e. The van der Waals surface area contributed by atoms with E-state index >= 15 is 0 Å². The summed E-state index contributed by atoms with van der Waals surface area (Å²) >= 11 is 0. The molecule has 1 nitrogen and oxygen atoms in total. The van der Waals surface area contributed by atoms with Crippen molar-refractivity contribution in [3.63, 3.8) is 0 Å². The Labute approximate surface area is 373 Å². The molecule has 0 aliphatic heterocycles. The molecule has 0 bridgehead atoms. The second kappa shape index (κ2) is 14.4. The Morgan fingerprint density at radius 1 is 0.281 bits per heavy atom. The number of anilines is 3. The van der Waals surface area contributed by atoms with Gasteiger partial charge in [-0.15, -0.1) is 0 Å². The van der Waals surface area contributed by atoms with Gasteiger partial charge in [-0.2, -0.15) is 0 Å². The summed E-state index contributed by atoms with van der Waals surface area (Å²) in [4.78, 5) is 2.55. The Morgan fingerprint density at radius 3 is 1.53 bits per heavy atom. The highest BCUT2D eigenvalue weighted by Crippen LogP contribution is 2.60. The molecule has 0 unspecified atom stereocenters. The lowest BCUT2D eigenvalue weighted by molar-refractivity contribution is 0.768. The quantitative estimate of drug-likeness (QED) is 0.155. The van der Waals surface area contributed by atoms with Gasteiger partial charge in [0.25, 0.3) is 0 Å². The van der Waals surface area contributed by atoms with Gasteiger partial charge in [0.15, 0.2) is 0 Å². The molecule has 2 aliphatic rings. The minimum absolute atomic E-state index is 0.527. The van der Waals surface area contributed by atoms with Crippen LogP contribution in [0.25, 0.3) is 77.2 Å². The Hall–Kier alpha value is -8.26. The summed E-state index contributed by atoms with van der Waals surface area (Å²) in [5.41, 5.74) is 20.6. The summed E-state index contributed by atoms with van der Waals surface area (Å²) in [6.45, 7) is 0. The minimum atomic E-state index is -0.527.